The zero-order valence-corrected chi connectivity index (χ0v) is 17.9. The molecule has 1 fully saturated rings. The highest BCUT2D eigenvalue weighted by Crippen LogP contribution is 2.48. The lowest BCUT2D eigenvalue weighted by Crippen LogP contribution is -2.71. The van der Waals surface area contributed by atoms with E-state index in [-0.39, 0.29) is 36.5 Å². The molecule has 3 atom stereocenters. The van der Waals surface area contributed by atoms with Gasteiger partial charge < -0.3 is 20.2 Å². The van der Waals surface area contributed by atoms with Crippen molar-refractivity contribution in [2.24, 2.45) is 0 Å². The number of carbonyl (C=O) groups excluding carboxylic acids is 2. The number of hydrogen-bond donors (Lipinski definition) is 2. The molecule has 0 unspecified atom stereocenters. The van der Waals surface area contributed by atoms with Gasteiger partial charge in [-0.25, -0.2) is 4.79 Å². The number of halogens is 1. The lowest BCUT2D eigenvalue weighted by Gasteiger charge is -2.58. The Morgan fingerprint density at radius 1 is 0.969 bits per heavy atom. The second-order valence-corrected chi connectivity index (χ2v) is 8.41. The average molecular weight is 448 g/mol. The Bertz CT molecular complexity index is 1170. The summed E-state index contributed by atoms with van der Waals surface area (Å²) in [5.41, 5.74) is 2.89. The maximum Gasteiger partial charge on any atom is 0.322 e. The summed E-state index contributed by atoms with van der Waals surface area (Å²) < 4.78 is 0. The molecule has 0 aromatic heterocycles. The second kappa shape index (κ2) is 8.30. The van der Waals surface area contributed by atoms with Crippen molar-refractivity contribution in [1.82, 2.24) is 4.90 Å². The Morgan fingerprint density at radius 3 is 2.41 bits per heavy atom. The van der Waals surface area contributed by atoms with Gasteiger partial charge in [0.1, 0.15) is 0 Å². The second-order valence-electron chi connectivity index (χ2n) is 8.00. The van der Waals surface area contributed by atoms with Crippen molar-refractivity contribution in [3.8, 4) is 0 Å². The molecule has 2 N–H and O–H groups in total. The molecule has 2 aliphatic rings. The fraction of sp³-hybridized carbons (Fsp3) is 0.200. The van der Waals surface area contributed by atoms with E-state index < -0.39 is 0 Å². The summed E-state index contributed by atoms with van der Waals surface area (Å²) in [6.07, 6.45) is 0. The third kappa shape index (κ3) is 3.32. The minimum Gasteiger partial charge on any atom is -0.394 e. The van der Waals surface area contributed by atoms with Gasteiger partial charge in [0.2, 0.25) is 0 Å². The van der Waals surface area contributed by atoms with E-state index in [0.717, 1.165) is 11.3 Å². The summed E-state index contributed by atoms with van der Waals surface area (Å²) in [4.78, 5) is 29.9. The molecule has 5 rings (SSSR count). The van der Waals surface area contributed by atoms with Gasteiger partial charge in [-0.1, -0.05) is 60.1 Å². The molecule has 3 aromatic rings. The predicted octanol–water partition coefficient (Wildman–Crippen LogP) is 4.36. The van der Waals surface area contributed by atoms with Gasteiger partial charge in [0, 0.05) is 23.7 Å². The Balaban J connectivity index is 1.48. The van der Waals surface area contributed by atoms with Crippen molar-refractivity contribution < 1.29 is 14.7 Å². The summed E-state index contributed by atoms with van der Waals surface area (Å²) in [6, 6.07) is 22.9. The van der Waals surface area contributed by atoms with E-state index in [0.29, 0.717) is 22.8 Å². The summed E-state index contributed by atoms with van der Waals surface area (Å²) in [6.45, 7) is 0.180. The number of amides is 3. The van der Waals surface area contributed by atoms with E-state index in [1.54, 1.807) is 46.2 Å². The normalized spacial score (nSPS) is 21.2. The first kappa shape index (κ1) is 20.5. The zero-order valence-electron chi connectivity index (χ0n) is 17.2. The van der Waals surface area contributed by atoms with Gasteiger partial charge in [-0.3, -0.25) is 4.79 Å². The third-order valence-electron chi connectivity index (χ3n) is 6.30. The number of likely N-dealkylation sites (tertiary alicyclic amines) is 1. The van der Waals surface area contributed by atoms with E-state index in [1.807, 2.05) is 42.5 Å². The van der Waals surface area contributed by atoms with Gasteiger partial charge in [0.05, 0.1) is 29.4 Å². The standard InChI is InChI=1S/C25H22ClN3O3/c26-18-11-5-6-12-19(18)27-25(32)29-21-14-28(24(31)16-8-2-1-3-9-16)20-13-7-4-10-17(20)23(21)22(29)15-30/h1-13,21-23,30H,14-15H2,(H,27,32)/t21-,22+,23+/m0/s1. The highest BCUT2D eigenvalue weighted by atomic mass is 35.5. The van der Waals surface area contributed by atoms with Crippen LogP contribution in [-0.2, 0) is 0 Å². The molecular weight excluding hydrogens is 426 g/mol. The molecule has 0 spiro atoms. The smallest absolute Gasteiger partial charge is 0.322 e. The van der Waals surface area contributed by atoms with Crippen LogP contribution in [0.5, 0.6) is 0 Å². The third-order valence-corrected chi connectivity index (χ3v) is 6.63. The van der Waals surface area contributed by atoms with Crippen LogP contribution in [0.3, 0.4) is 0 Å². The van der Waals surface area contributed by atoms with Crippen LogP contribution in [0.15, 0.2) is 78.9 Å². The summed E-state index contributed by atoms with van der Waals surface area (Å²) in [5.74, 6) is -0.163. The highest BCUT2D eigenvalue weighted by Gasteiger charge is 2.55. The van der Waals surface area contributed by atoms with Crippen molar-refractivity contribution in [3.63, 3.8) is 0 Å². The SMILES string of the molecule is O=C(c1ccccc1)N1C[C@H]2[C@@H](c3ccccc31)[C@@H](CO)N2C(=O)Nc1ccccc1Cl. The van der Waals surface area contributed by atoms with Crippen LogP contribution in [0.1, 0.15) is 21.8 Å². The van der Waals surface area contributed by atoms with Gasteiger partial charge in [-0.05, 0) is 35.9 Å². The van der Waals surface area contributed by atoms with E-state index in [2.05, 4.69) is 5.32 Å². The lowest BCUT2D eigenvalue weighted by molar-refractivity contribution is -0.00265. The van der Waals surface area contributed by atoms with Crippen molar-refractivity contribution in [2.45, 2.75) is 18.0 Å². The topological polar surface area (TPSA) is 72.9 Å². The minimum atomic E-state index is -0.377. The fourth-order valence-corrected chi connectivity index (χ4v) is 5.02. The number of nitrogens with one attached hydrogen (secondary N) is 1. The van der Waals surface area contributed by atoms with E-state index >= 15 is 0 Å². The number of aliphatic hydroxyl groups is 1. The molecule has 7 heteroatoms. The highest BCUT2D eigenvalue weighted by molar-refractivity contribution is 6.33. The lowest BCUT2D eigenvalue weighted by atomic mass is 9.72. The average Bonchev–Trinajstić information content (AvgIpc) is 2.81. The number of anilines is 2. The van der Waals surface area contributed by atoms with Gasteiger partial charge >= 0.3 is 6.03 Å². The van der Waals surface area contributed by atoms with Crippen molar-refractivity contribution >= 4 is 34.9 Å². The van der Waals surface area contributed by atoms with Gasteiger partial charge in [0.25, 0.3) is 5.91 Å². The fourth-order valence-electron chi connectivity index (χ4n) is 4.84. The van der Waals surface area contributed by atoms with Crippen LogP contribution in [0, 0.1) is 0 Å². The van der Waals surface area contributed by atoms with E-state index in [1.165, 1.54) is 0 Å². The molecule has 6 nitrogen and oxygen atoms in total. The largest absolute Gasteiger partial charge is 0.394 e. The van der Waals surface area contributed by atoms with Crippen LogP contribution < -0.4 is 10.2 Å². The van der Waals surface area contributed by atoms with Gasteiger partial charge in [-0.15, -0.1) is 0 Å². The first-order chi connectivity index (χ1) is 15.6. The monoisotopic (exact) mass is 447 g/mol. The van der Waals surface area contributed by atoms with Crippen molar-refractivity contribution in [3.05, 3.63) is 95.0 Å². The summed E-state index contributed by atoms with van der Waals surface area (Å²) in [5, 5.41) is 13.4. The number of fused-ring (bicyclic) bond motifs is 3. The first-order valence-corrected chi connectivity index (χ1v) is 10.9. The molecule has 32 heavy (non-hydrogen) atoms. The molecule has 0 saturated carbocycles. The molecule has 3 aromatic carbocycles. The number of para-hydroxylation sites is 2. The van der Waals surface area contributed by atoms with Crippen LogP contribution in [0.25, 0.3) is 0 Å². The Kier molecular flexibility index (Phi) is 5.33. The number of carbonyl (C=O) groups is 2. The molecule has 162 valence electrons. The summed E-state index contributed by atoms with van der Waals surface area (Å²) in [7, 11) is 0. The molecule has 3 amide bonds. The number of urea groups is 1. The molecule has 0 radical (unpaired) electrons. The molecule has 1 saturated heterocycles. The number of benzene rings is 3. The van der Waals surface area contributed by atoms with Gasteiger partial charge in [0.15, 0.2) is 0 Å². The molecule has 0 aliphatic carbocycles. The Hall–Kier alpha value is -3.35. The van der Waals surface area contributed by atoms with E-state index in [9.17, 15) is 14.7 Å². The number of hydrogen-bond acceptors (Lipinski definition) is 3. The molecule has 2 aliphatic heterocycles. The number of rotatable bonds is 3. The summed E-state index contributed by atoms with van der Waals surface area (Å²) >= 11 is 6.21. The molecule has 2 heterocycles. The maximum absolute atomic E-state index is 13.3. The molecule has 0 bridgehead atoms. The zero-order chi connectivity index (χ0) is 22.2. The van der Waals surface area contributed by atoms with Crippen LogP contribution in [-0.4, -0.2) is 47.2 Å². The van der Waals surface area contributed by atoms with Crippen molar-refractivity contribution in [2.75, 3.05) is 23.4 Å². The Labute approximate surface area is 191 Å². The van der Waals surface area contributed by atoms with Crippen LogP contribution in [0.2, 0.25) is 5.02 Å². The number of aliphatic hydroxyl groups excluding tert-OH is 1. The minimum absolute atomic E-state index is 0.0481. The van der Waals surface area contributed by atoms with Crippen LogP contribution in [0.4, 0.5) is 16.2 Å². The van der Waals surface area contributed by atoms with E-state index in [4.69, 9.17) is 11.6 Å². The molecular formula is C25H22ClN3O3. The van der Waals surface area contributed by atoms with Crippen molar-refractivity contribution in [1.29, 1.82) is 0 Å². The van der Waals surface area contributed by atoms with Crippen LogP contribution >= 0.6 is 11.6 Å². The quantitative estimate of drug-likeness (QED) is 0.626. The number of nitrogens with zero attached hydrogens (tertiary/aromatic N) is 2. The van der Waals surface area contributed by atoms with Gasteiger partial charge in [-0.2, -0.15) is 0 Å². The predicted molar refractivity (Wildman–Crippen MR) is 124 cm³/mol. The maximum atomic E-state index is 13.3. The first-order valence-electron chi connectivity index (χ1n) is 10.5. The Morgan fingerprint density at radius 2 is 1.66 bits per heavy atom.